The van der Waals surface area contributed by atoms with Crippen molar-refractivity contribution in [3.05, 3.63) is 29.8 Å². The number of carbonyl (C=O) groups is 1. The molecule has 0 aliphatic carbocycles. The minimum atomic E-state index is -1.44. The third-order valence-corrected chi connectivity index (χ3v) is 2.97. The zero-order valence-electron chi connectivity index (χ0n) is 10.0. The molecule has 0 spiro atoms. The molecular formula is C12H18O3Si. The number of benzene rings is 1. The molecule has 0 saturated heterocycles. The first kappa shape index (κ1) is 12.9. The van der Waals surface area contributed by atoms with Crippen molar-refractivity contribution in [3.63, 3.8) is 0 Å². The Bertz CT molecular complexity index is 327. The first-order chi connectivity index (χ1) is 7.51. The smallest absolute Gasteiger partial charge is 0.183 e. The zero-order chi connectivity index (χ0) is 12.0. The predicted octanol–water partition coefficient (Wildman–Crippen LogP) is 2.73. The van der Waals surface area contributed by atoms with Crippen LogP contribution in [0.1, 0.15) is 10.4 Å². The Morgan fingerprint density at radius 3 is 2.25 bits per heavy atom. The van der Waals surface area contributed by atoms with E-state index in [1.54, 1.807) is 24.3 Å². The van der Waals surface area contributed by atoms with Gasteiger partial charge in [-0.05, 0) is 43.9 Å². The average Bonchev–Trinajstić information content (AvgIpc) is 2.24. The molecule has 0 aliphatic heterocycles. The lowest BCUT2D eigenvalue weighted by Crippen LogP contribution is -2.27. The molecule has 0 aliphatic rings. The molecule has 1 aromatic rings. The normalized spacial score (nSPS) is 11.2. The van der Waals surface area contributed by atoms with Gasteiger partial charge in [-0.2, -0.15) is 0 Å². The lowest BCUT2D eigenvalue weighted by atomic mass is 10.2. The van der Waals surface area contributed by atoms with Crippen molar-refractivity contribution >= 4 is 14.6 Å². The van der Waals surface area contributed by atoms with Crippen LogP contribution in [-0.4, -0.2) is 27.8 Å². The van der Waals surface area contributed by atoms with Crippen LogP contribution in [0.25, 0.3) is 0 Å². The van der Waals surface area contributed by atoms with Gasteiger partial charge in [0.25, 0.3) is 0 Å². The van der Waals surface area contributed by atoms with Crippen LogP contribution in [0, 0.1) is 0 Å². The molecule has 0 bridgehead atoms. The van der Waals surface area contributed by atoms with Crippen LogP contribution >= 0.6 is 0 Å². The Hall–Kier alpha value is -1.13. The van der Waals surface area contributed by atoms with E-state index in [1.807, 2.05) is 0 Å². The fourth-order valence-corrected chi connectivity index (χ4v) is 1.85. The van der Waals surface area contributed by atoms with Crippen molar-refractivity contribution in [1.82, 2.24) is 0 Å². The maximum Gasteiger partial charge on any atom is 0.183 e. The van der Waals surface area contributed by atoms with E-state index in [4.69, 9.17) is 9.16 Å². The fourth-order valence-electron chi connectivity index (χ4n) is 1.15. The molecule has 0 N–H and O–H groups in total. The molecule has 16 heavy (non-hydrogen) atoms. The minimum Gasteiger partial charge on any atom is -0.491 e. The van der Waals surface area contributed by atoms with Crippen molar-refractivity contribution < 1.29 is 14.0 Å². The third-order valence-electron chi connectivity index (χ3n) is 1.90. The van der Waals surface area contributed by atoms with E-state index in [9.17, 15) is 4.79 Å². The Morgan fingerprint density at radius 1 is 1.12 bits per heavy atom. The summed E-state index contributed by atoms with van der Waals surface area (Å²) in [5.74, 6) is 0.768. The van der Waals surface area contributed by atoms with E-state index in [0.717, 1.165) is 12.0 Å². The van der Waals surface area contributed by atoms with Crippen molar-refractivity contribution in [2.24, 2.45) is 0 Å². The second kappa shape index (κ2) is 5.82. The van der Waals surface area contributed by atoms with Crippen LogP contribution in [0.5, 0.6) is 5.75 Å². The molecule has 0 heterocycles. The van der Waals surface area contributed by atoms with Crippen LogP contribution in [0.3, 0.4) is 0 Å². The van der Waals surface area contributed by atoms with Crippen molar-refractivity contribution in [1.29, 1.82) is 0 Å². The number of rotatable bonds is 6. The average molecular weight is 238 g/mol. The second-order valence-electron chi connectivity index (χ2n) is 4.50. The Balaban J connectivity index is 2.29. The SMILES string of the molecule is C[Si](C)(C)OCCOc1ccc(C=O)cc1. The van der Waals surface area contributed by atoms with Gasteiger partial charge in [-0.25, -0.2) is 0 Å². The number of hydrogen-bond donors (Lipinski definition) is 0. The monoisotopic (exact) mass is 238 g/mol. The van der Waals surface area contributed by atoms with Gasteiger partial charge < -0.3 is 9.16 Å². The van der Waals surface area contributed by atoms with Gasteiger partial charge in [-0.1, -0.05) is 0 Å². The first-order valence-corrected chi connectivity index (χ1v) is 8.74. The summed E-state index contributed by atoms with van der Waals surface area (Å²) in [7, 11) is -1.44. The highest BCUT2D eigenvalue weighted by molar-refractivity contribution is 6.69. The molecule has 88 valence electrons. The number of ether oxygens (including phenoxy) is 1. The van der Waals surface area contributed by atoms with Gasteiger partial charge in [0.2, 0.25) is 0 Å². The maximum absolute atomic E-state index is 10.4. The summed E-state index contributed by atoms with van der Waals surface area (Å²) in [4.78, 5) is 10.4. The van der Waals surface area contributed by atoms with Gasteiger partial charge >= 0.3 is 0 Å². The summed E-state index contributed by atoms with van der Waals surface area (Å²) < 4.78 is 11.1. The summed E-state index contributed by atoms with van der Waals surface area (Å²) in [6.45, 7) is 7.60. The Labute approximate surface area is 97.5 Å². The maximum atomic E-state index is 10.4. The standard InChI is InChI=1S/C12H18O3Si/c1-16(2,3)15-9-8-14-12-6-4-11(10-13)5-7-12/h4-7,10H,8-9H2,1-3H3. The van der Waals surface area contributed by atoms with Gasteiger partial charge in [0.05, 0.1) is 6.61 Å². The summed E-state index contributed by atoms with van der Waals surface area (Å²) in [5, 5.41) is 0. The molecule has 0 atom stereocenters. The van der Waals surface area contributed by atoms with Crippen LogP contribution < -0.4 is 4.74 Å². The lowest BCUT2D eigenvalue weighted by molar-refractivity contribution is 0.112. The molecule has 3 nitrogen and oxygen atoms in total. The van der Waals surface area contributed by atoms with Gasteiger partial charge in [0, 0.05) is 5.56 Å². The molecule has 0 saturated carbocycles. The topological polar surface area (TPSA) is 35.5 Å². The van der Waals surface area contributed by atoms with E-state index in [1.165, 1.54) is 0 Å². The highest BCUT2D eigenvalue weighted by Gasteiger charge is 2.13. The van der Waals surface area contributed by atoms with E-state index in [2.05, 4.69) is 19.6 Å². The van der Waals surface area contributed by atoms with Gasteiger partial charge in [-0.15, -0.1) is 0 Å². The molecule has 1 aromatic carbocycles. The molecule has 0 fully saturated rings. The minimum absolute atomic E-state index is 0.546. The van der Waals surface area contributed by atoms with E-state index in [0.29, 0.717) is 18.8 Å². The van der Waals surface area contributed by atoms with Crippen LogP contribution in [0.4, 0.5) is 0 Å². The number of hydrogen-bond acceptors (Lipinski definition) is 3. The molecule has 0 amide bonds. The molecular weight excluding hydrogens is 220 g/mol. The van der Waals surface area contributed by atoms with E-state index in [-0.39, 0.29) is 0 Å². The Kier molecular flexibility index (Phi) is 4.70. The first-order valence-electron chi connectivity index (χ1n) is 5.33. The van der Waals surface area contributed by atoms with E-state index < -0.39 is 8.32 Å². The van der Waals surface area contributed by atoms with Crippen molar-refractivity contribution in [2.45, 2.75) is 19.6 Å². The molecule has 4 heteroatoms. The van der Waals surface area contributed by atoms with E-state index >= 15 is 0 Å². The summed E-state index contributed by atoms with van der Waals surface area (Å²) >= 11 is 0. The molecule has 0 aromatic heterocycles. The second-order valence-corrected chi connectivity index (χ2v) is 9.01. The largest absolute Gasteiger partial charge is 0.491 e. The van der Waals surface area contributed by atoms with Gasteiger partial charge in [0.15, 0.2) is 8.32 Å². The summed E-state index contributed by atoms with van der Waals surface area (Å²) in [5.41, 5.74) is 0.658. The molecule has 0 radical (unpaired) electrons. The highest BCUT2D eigenvalue weighted by atomic mass is 28.4. The van der Waals surface area contributed by atoms with Crippen LogP contribution in [-0.2, 0) is 4.43 Å². The van der Waals surface area contributed by atoms with Crippen LogP contribution in [0.15, 0.2) is 24.3 Å². The van der Waals surface area contributed by atoms with Crippen molar-refractivity contribution in [2.75, 3.05) is 13.2 Å². The number of aldehydes is 1. The molecule has 0 unspecified atom stereocenters. The summed E-state index contributed by atoms with van der Waals surface area (Å²) in [6.07, 6.45) is 0.818. The van der Waals surface area contributed by atoms with Crippen LogP contribution in [0.2, 0.25) is 19.6 Å². The highest BCUT2D eigenvalue weighted by Crippen LogP contribution is 2.11. The van der Waals surface area contributed by atoms with Gasteiger partial charge in [-0.3, -0.25) is 4.79 Å². The lowest BCUT2D eigenvalue weighted by Gasteiger charge is -2.17. The van der Waals surface area contributed by atoms with Gasteiger partial charge in [0.1, 0.15) is 18.6 Å². The van der Waals surface area contributed by atoms with Crippen molar-refractivity contribution in [3.8, 4) is 5.75 Å². The fraction of sp³-hybridized carbons (Fsp3) is 0.417. The number of carbonyl (C=O) groups excluding carboxylic acids is 1. The Morgan fingerprint density at radius 2 is 1.75 bits per heavy atom. The summed E-state index contributed by atoms with van der Waals surface area (Å²) in [6, 6.07) is 7.06. The third kappa shape index (κ3) is 5.09. The quantitative estimate of drug-likeness (QED) is 0.434. The zero-order valence-corrected chi connectivity index (χ0v) is 11.0. The predicted molar refractivity (Wildman–Crippen MR) is 66.6 cm³/mol. The molecule has 1 rings (SSSR count).